The SMILES string of the molecule is Nc1c(-c2ncccn2)oc2cnccc12. The van der Waals surface area contributed by atoms with Crippen LogP contribution in [0, 0.1) is 0 Å². The van der Waals surface area contributed by atoms with Crippen LogP contribution in [0.4, 0.5) is 5.69 Å². The summed E-state index contributed by atoms with van der Waals surface area (Å²) in [7, 11) is 0. The normalized spacial score (nSPS) is 10.8. The predicted octanol–water partition coefficient (Wildman–Crippen LogP) is 1.87. The van der Waals surface area contributed by atoms with Crippen molar-refractivity contribution in [3.8, 4) is 11.6 Å². The molecule has 0 aliphatic rings. The van der Waals surface area contributed by atoms with Crippen LogP contribution in [-0.2, 0) is 0 Å². The smallest absolute Gasteiger partial charge is 0.197 e. The standard InChI is InChI=1S/C11H8N4O/c12-9-7-2-5-13-6-8(7)16-10(9)11-14-3-1-4-15-11/h1-6H,12H2. The summed E-state index contributed by atoms with van der Waals surface area (Å²) in [5, 5.41) is 0.831. The highest BCUT2D eigenvalue weighted by Crippen LogP contribution is 2.32. The first-order valence-electron chi connectivity index (χ1n) is 4.75. The van der Waals surface area contributed by atoms with Gasteiger partial charge in [0, 0.05) is 24.0 Å². The summed E-state index contributed by atoms with van der Waals surface area (Å²) in [4.78, 5) is 12.2. The molecule has 16 heavy (non-hydrogen) atoms. The Morgan fingerprint density at radius 3 is 2.69 bits per heavy atom. The van der Waals surface area contributed by atoms with Crippen molar-refractivity contribution < 1.29 is 4.42 Å². The summed E-state index contributed by atoms with van der Waals surface area (Å²) >= 11 is 0. The van der Waals surface area contributed by atoms with E-state index in [9.17, 15) is 0 Å². The lowest BCUT2D eigenvalue weighted by atomic mass is 10.2. The van der Waals surface area contributed by atoms with E-state index in [-0.39, 0.29) is 0 Å². The van der Waals surface area contributed by atoms with Gasteiger partial charge >= 0.3 is 0 Å². The molecule has 2 N–H and O–H groups in total. The molecule has 0 saturated heterocycles. The largest absolute Gasteiger partial charge is 0.449 e. The quantitative estimate of drug-likeness (QED) is 0.666. The molecule has 0 bridgehead atoms. The highest BCUT2D eigenvalue weighted by molar-refractivity contribution is 5.95. The summed E-state index contributed by atoms with van der Waals surface area (Å²) in [6, 6.07) is 3.55. The van der Waals surface area contributed by atoms with Gasteiger partial charge < -0.3 is 10.2 Å². The second-order valence-electron chi connectivity index (χ2n) is 3.29. The summed E-state index contributed by atoms with van der Waals surface area (Å²) in [6.07, 6.45) is 6.59. The fourth-order valence-corrected chi connectivity index (χ4v) is 1.55. The predicted molar refractivity (Wildman–Crippen MR) is 59.4 cm³/mol. The first kappa shape index (κ1) is 8.84. The van der Waals surface area contributed by atoms with E-state index in [1.54, 1.807) is 36.9 Å². The minimum atomic E-state index is 0.483. The molecule has 0 saturated carbocycles. The lowest BCUT2D eigenvalue weighted by Gasteiger charge is -1.94. The topological polar surface area (TPSA) is 77.8 Å². The van der Waals surface area contributed by atoms with E-state index in [1.807, 2.05) is 0 Å². The van der Waals surface area contributed by atoms with E-state index in [1.165, 1.54) is 0 Å². The highest BCUT2D eigenvalue weighted by atomic mass is 16.3. The van der Waals surface area contributed by atoms with Gasteiger partial charge in [0.1, 0.15) is 0 Å². The number of fused-ring (bicyclic) bond motifs is 1. The number of aromatic nitrogens is 3. The van der Waals surface area contributed by atoms with Gasteiger partial charge in [-0.1, -0.05) is 0 Å². The van der Waals surface area contributed by atoms with Crippen LogP contribution in [0.1, 0.15) is 0 Å². The molecular formula is C11H8N4O. The maximum atomic E-state index is 5.97. The van der Waals surface area contributed by atoms with Gasteiger partial charge in [0.15, 0.2) is 17.2 Å². The first-order chi connectivity index (χ1) is 7.86. The van der Waals surface area contributed by atoms with E-state index in [0.717, 1.165) is 5.39 Å². The molecule has 0 radical (unpaired) electrons. The van der Waals surface area contributed by atoms with Gasteiger partial charge in [-0.25, -0.2) is 9.97 Å². The van der Waals surface area contributed by atoms with Crippen LogP contribution >= 0.6 is 0 Å². The van der Waals surface area contributed by atoms with Crippen LogP contribution in [0.15, 0.2) is 41.3 Å². The Hall–Kier alpha value is -2.43. The third-order valence-electron chi connectivity index (χ3n) is 2.30. The Kier molecular flexibility index (Phi) is 1.83. The molecule has 0 fully saturated rings. The number of hydrogen-bond donors (Lipinski definition) is 1. The van der Waals surface area contributed by atoms with Gasteiger partial charge in [-0.05, 0) is 12.1 Å². The van der Waals surface area contributed by atoms with Crippen LogP contribution in [0.2, 0.25) is 0 Å². The van der Waals surface area contributed by atoms with Gasteiger partial charge in [0.25, 0.3) is 0 Å². The van der Waals surface area contributed by atoms with Gasteiger partial charge in [-0.15, -0.1) is 0 Å². The molecule has 0 amide bonds. The lowest BCUT2D eigenvalue weighted by Crippen LogP contribution is -1.90. The molecule has 0 aromatic carbocycles. The fourth-order valence-electron chi connectivity index (χ4n) is 1.55. The third-order valence-corrected chi connectivity index (χ3v) is 2.30. The van der Waals surface area contributed by atoms with Crippen molar-refractivity contribution in [1.29, 1.82) is 0 Å². The molecule has 0 spiro atoms. The molecule has 3 heterocycles. The van der Waals surface area contributed by atoms with Crippen molar-refractivity contribution in [2.75, 3.05) is 5.73 Å². The molecule has 3 rings (SSSR count). The molecule has 5 heteroatoms. The van der Waals surface area contributed by atoms with Crippen molar-refractivity contribution in [3.05, 3.63) is 36.9 Å². The van der Waals surface area contributed by atoms with E-state index in [2.05, 4.69) is 15.0 Å². The van der Waals surface area contributed by atoms with Gasteiger partial charge in [0.05, 0.1) is 11.9 Å². The Bertz CT molecular complexity index is 633. The van der Waals surface area contributed by atoms with E-state index >= 15 is 0 Å². The maximum absolute atomic E-state index is 5.97. The summed E-state index contributed by atoms with van der Waals surface area (Å²) in [6.45, 7) is 0. The second kappa shape index (κ2) is 3.30. The zero-order valence-corrected chi connectivity index (χ0v) is 8.29. The van der Waals surface area contributed by atoms with Crippen LogP contribution in [0.3, 0.4) is 0 Å². The van der Waals surface area contributed by atoms with Crippen molar-refractivity contribution in [1.82, 2.24) is 15.0 Å². The average Bonchev–Trinajstić information content (AvgIpc) is 2.69. The molecule has 0 unspecified atom stereocenters. The van der Waals surface area contributed by atoms with Crippen LogP contribution in [0.25, 0.3) is 22.6 Å². The number of anilines is 1. The van der Waals surface area contributed by atoms with Gasteiger partial charge in [0.2, 0.25) is 0 Å². The van der Waals surface area contributed by atoms with Crippen molar-refractivity contribution >= 4 is 16.7 Å². The van der Waals surface area contributed by atoms with E-state index < -0.39 is 0 Å². The fraction of sp³-hybridized carbons (Fsp3) is 0. The number of furan rings is 1. The zero-order valence-electron chi connectivity index (χ0n) is 8.29. The van der Waals surface area contributed by atoms with Crippen LogP contribution < -0.4 is 5.73 Å². The van der Waals surface area contributed by atoms with E-state index in [4.69, 9.17) is 10.2 Å². The number of nitrogens with zero attached hydrogens (tertiary/aromatic N) is 3. The number of pyridine rings is 1. The van der Waals surface area contributed by atoms with Crippen molar-refractivity contribution in [2.24, 2.45) is 0 Å². The highest BCUT2D eigenvalue weighted by Gasteiger charge is 2.14. The first-order valence-corrected chi connectivity index (χ1v) is 4.75. The molecule has 0 atom stereocenters. The molecule has 78 valence electrons. The number of hydrogen-bond acceptors (Lipinski definition) is 5. The third kappa shape index (κ3) is 1.22. The summed E-state index contributed by atoms with van der Waals surface area (Å²) in [5.74, 6) is 0.972. The number of nitrogens with two attached hydrogens (primary N) is 1. The molecular weight excluding hydrogens is 204 g/mol. The minimum Gasteiger partial charge on any atom is -0.449 e. The monoisotopic (exact) mass is 212 g/mol. The Morgan fingerprint density at radius 1 is 1.12 bits per heavy atom. The minimum absolute atomic E-state index is 0.483. The second-order valence-corrected chi connectivity index (χ2v) is 3.29. The van der Waals surface area contributed by atoms with Crippen LogP contribution in [0.5, 0.6) is 0 Å². The summed E-state index contributed by atoms with van der Waals surface area (Å²) in [5.41, 5.74) is 7.16. The number of nitrogen functional groups attached to an aromatic ring is 1. The Morgan fingerprint density at radius 2 is 1.94 bits per heavy atom. The summed E-state index contributed by atoms with van der Waals surface area (Å²) < 4.78 is 5.57. The Balaban J connectivity index is 2.29. The van der Waals surface area contributed by atoms with E-state index in [0.29, 0.717) is 22.9 Å². The van der Waals surface area contributed by atoms with Gasteiger partial charge in [-0.3, -0.25) is 4.98 Å². The van der Waals surface area contributed by atoms with Crippen molar-refractivity contribution in [3.63, 3.8) is 0 Å². The van der Waals surface area contributed by atoms with Gasteiger partial charge in [-0.2, -0.15) is 0 Å². The molecule has 3 aromatic heterocycles. The molecule has 3 aromatic rings. The molecule has 0 aliphatic heterocycles. The Labute approximate surface area is 91.0 Å². The molecule has 5 nitrogen and oxygen atoms in total. The molecule has 0 aliphatic carbocycles. The van der Waals surface area contributed by atoms with Crippen molar-refractivity contribution in [2.45, 2.75) is 0 Å². The lowest BCUT2D eigenvalue weighted by molar-refractivity contribution is 0.625. The number of rotatable bonds is 1. The average molecular weight is 212 g/mol. The van der Waals surface area contributed by atoms with Crippen LogP contribution in [-0.4, -0.2) is 15.0 Å². The zero-order chi connectivity index (χ0) is 11.0. The maximum Gasteiger partial charge on any atom is 0.197 e.